The molecule has 0 unspecified atom stereocenters. The molecule has 4 N–H and O–H groups in total. The van der Waals surface area contributed by atoms with Crippen molar-refractivity contribution in [2.24, 2.45) is 5.10 Å². The van der Waals surface area contributed by atoms with E-state index in [0.717, 1.165) is 6.21 Å². The first kappa shape index (κ1) is 13.4. The largest absolute Gasteiger partial charge is 0.504 e. The highest BCUT2D eigenvalue weighted by Gasteiger charge is 2.09. The number of hydrogen-bond acceptors (Lipinski definition) is 5. The molecule has 2 aromatic carbocycles. The van der Waals surface area contributed by atoms with Crippen molar-refractivity contribution < 1.29 is 20.1 Å². The molecular formula is C14H12N2O4. The Balaban J connectivity index is 2.08. The zero-order chi connectivity index (χ0) is 14.5. The molecule has 0 spiro atoms. The summed E-state index contributed by atoms with van der Waals surface area (Å²) in [4.78, 5) is 11.7. The number of benzene rings is 2. The number of carbonyl (C=O) groups is 1. The number of nitrogens with zero attached hydrogens (tertiary/aromatic N) is 1. The zero-order valence-electron chi connectivity index (χ0n) is 10.3. The maximum absolute atomic E-state index is 11.7. The van der Waals surface area contributed by atoms with Crippen molar-refractivity contribution in [3.63, 3.8) is 0 Å². The van der Waals surface area contributed by atoms with E-state index in [9.17, 15) is 15.0 Å². The second-order valence-corrected chi connectivity index (χ2v) is 3.94. The molecule has 6 heteroatoms. The van der Waals surface area contributed by atoms with Gasteiger partial charge in [0.05, 0.1) is 6.21 Å². The number of nitrogens with one attached hydrogen (secondary N) is 1. The molecule has 6 nitrogen and oxygen atoms in total. The van der Waals surface area contributed by atoms with Gasteiger partial charge in [0, 0.05) is 11.1 Å². The van der Waals surface area contributed by atoms with Crippen molar-refractivity contribution >= 4 is 12.1 Å². The first-order chi connectivity index (χ1) is 9.59. The van der Waals surface area contributed by atoms with E-state index in [2.05, 4.69) is 10.5 Å². The monoisotopic (exact) mass is 272 g/mol. The lowest BCUT2D eigenvalue weighted by molar-refractivity contribution is 0.0955. The Kier molecular flexibility index (Phi) is 3.85. The van der Waals surface area contributed by atoms with Gasteiger partial charge in [0.1, 0.15) is 0 Å². The van der Waals surface area contributed by atoms with Crippen LogP contribution in [0.5, 0.6) is 17.2 Å². The van der Waals surface area contributed by atoms with Crippen molar-refractivity contribution in [2.75, 3.05) is 0 Å². The van der Waals surface area contributed by atoms with Crippen LogP contribution in [0.15, 0.2) is 47.6 Å². The number of rotatable bonds is 3. The van der Waals surface area contributed by atoms with Crippen LogP contribution in [0.3, 0.4) is 0 Å². The third kappa shape index (κ3) is 2.86. The van der Waals surface area contributed by atoms with Crippen LogP contribution < -0.4 is 5.43 Å². The lowest BCUT2D eigenvalue weighted by Gasteiger charge is -2.03. The van der Waals surface area contributed by atoms with Crippen LogP contribution in [-0.4, -0.2) is 27.4 Å². The summed E-state index contributed by atoms with van der Waals surface area (Å²) < 4.78 is 0. The average molecular weight is 272 g/mol. The van der Waals surface area contributed by atoms with E-state index in [1.807, 2.05) is 0 Å². The summed E-state index contributed by atoms with van der Waals surface area (Å²) in [6.45, 7) is 0. The number of phenols is 3. The van der Waals surface area contributed by atoms with Crippen LogP contribution in [0.1, 0.15) is 15.9 Å². The van der Waals surface area contributed by atoms with E-state index >= 15 is 0 Å². The molecule has 0 saturated carbocycles. The summed E-state index contributed by atoms with van der Waals surface area (Å²) in [5.41, 5.74) is 2.89. The average Bonchev–Trinajstić information content (AvgIpc) is 2.48. The van der Waals surface area contributed by atoms with Crippen LogP contribution in [0.2, 0.25) is 0 Å². The van der Waals surface area contributed by atoms with Gasteiger partial charge in [-0.05, 0) is 24.3 Å². The van der Waals surface area contributed by atoms with E-state index in [1.54, 1.807) is 30.3 Å². The molecule has 0 aliphatic carbocycles. The van der Waals surface area contributed by atoms with Gasteiger partial charge in [0.15, 0.2) is 11.5 Å². The first-order valence-corrected chi connectivity index (χ1v) is 5.72. The molecule has 0 heterocycles. The Morgan fingerprint density at radius 1 is 1.00 bits per heavy atom. The van der Waals surface area contributed by atoms with E-state index < -0.39 is 23.2 Å². The number of hydrogen-bond donors (Lipinski definition) is 4. The molecule has 2 rings (SSSR count). The van der Waals surface area contributed by atoms with Gasteiger partial charge in [-0.3, -0.25) is 4.79 Å². The van der Waals surface area contributed by atoms with E-state index in [4.69, 9.17) is 5.11 Å². The van der Waals surface area contributed by atoms with Crippen molar-refractivity contribution in [3.05, 3.63) is 53.6 Å². The molecular weight excluding hydrogens is 260 g/mol. The summed E-state index contributed by atoms with van der Waals surface area (Å²) in [7, 11) is 0. The lowest BCUT2D eigenvalue weighted by Crippen LogP contribution is -2.17. The van der Waals surface area contributed by atoms with Gasteiger partial charge in [-0.2, -0.15) is 5.10 Å². The second-order valence-electron chi connectivity index (χ2n) is 3.94. The first-order valence-electron chi connectivity index (χ1n) is 5.72. The Morgan fingerprint density at radius 2 is 1.70 bits per heavy atom. The molecule has 2 aromatic rings. The van der Waals surface area contributed by atoms with Crippen molar-refractivity contribution in [2.45, 2.75) is 0 Å². The standard InChI is InChI=1S/C14H12N2O4/c17-11-7-6-10(12(18)13(11)19)8-15-16-14(20)9-4-2-1-3-5-9/h1-8,17-19H,(H,16,20)/b15-8-. The topological polar surface area (TPSA) is 102 Å². The SMILES string of the molecule is O=C(N/N=C\c1ccc(O)c(O)c1O)c1ccccc1. The minimum Gasteiger partial charge on any atom is -0.504 e. The van der Waals surface area contributed by atoms with Crippen LogP contribution in [0.4, 0.5) is 0 Å². The molecule has 102 valence electrons. The Labute approximate surface area is 114 Å². The predicted molar refractivity (Wildman–Crippen MR) is 72.9 cm³/mol. The van der Waals surface area contributed by atoms with Crippen LogP contribution >= 0.6 is 0 Å². The molecule has 0 bridgehead atoms. The molecule has 20 heavy (non-hydrogen) atoms. The molecule has 1 amide bonds. The Bertz CT molecular complexity index is 654. The summed E-state index contributed by atoms with van der Waals surface area (Å²) in [6, 6.07) is 11.1. The number of amides is 1. The molecule has 0 saturated heterocycles. The molecule has 0 radical (unpaired) electrons. The zero-order valence-corrected chi connectivity index (χ0v) is 10.3. The van der Waals surface area contributed by atoms with E-state index in [0.29, 0.717) is 5.56 Å². The fraction of sp³-hybridized carbons (Fsp3) is 0. The van der Waals surface area contributed by atoms with Crippen LogP contribution in [-0.2, 0) is 0 Å². The van der Waals surface area contributed by atoms with Crippen LogP contribution in [0.25, 0.3) is 0 Å². The smallest absolute Gasteiger partial charge is 0.271 e. The van der Waals surface area contributed by atoms with Crippen molar-refractivity contribution in [1.29, 1.82) is 0 Å². The fourth-order valence-electron chi connectivity index (χ4n) is 1.50. The minimum absolute atomic E-state index is 0.161. The maximum atomic E-state index is 11.7. The third-order valence-corrected chi connectivity index (χ3v) is 2.57. The minimum atomic E-state index is -0.636. The summed E-state index contributed by atoms with van der Waals surface area (Å²) in [6.07, 6.45) is 1.16. The summed E-state index contributed by atoms with van der Waals surface area (Å²) in [5, 5.41) is 31.7. The van der Waals surface area contributed by atoms with Gasteiger partial charge in [0.2, 0.25) is 5.75 Å². The molecule has 0 aliphatic heterocycles. The molecule has 0 aromatic heterocycles. The van der Waals surface area contributed by atoms with Gasteiger partial charge in [-0.25, -0.2) is 5.43 Å². The highest BCUT2D eigenvalue weighted by molar-refractivity contribution is 5.95. The van der Waals surface area contributed by atoms with Gasteiger partial charge in [-0.15, -0.1) is 0 Å². The van der Waals surface area contributed by atoms with Gasteiger partial charge < -0.3 is 15.3 Å². The quantitative estimate of drug-likeness (QED) is 0.387. The lowest BCUT2D eigenvalue weighted by atomic mass is 10.2. The maximum Gasteiger partial charge on any atom is 0.271 e. The Hall–Kier alpha value is -3.02. The highest BCUT2D eigenvalue weighted by Crippen LogP contribution is 2.36. The van der Waals surface area contributed by atoms with Gasteiger partial charge >= 0.3 is 0 Å². The summed E-state index contributed by atoms with van der Waals surface area (Å²) in [5.74, 6) is -1.98. The molecule has 0 fully saturated rings. The number of hydrazone groups is 1. The van der Waals surface area contributed by atoms with Crippen molar-refractivity contribution in [1.82, 2.24) is 5.43 Å². The fourth-order valence-corrected chi connectivity index (χ4v) is 1.50. The normalized spacial score (nSPS) is 10.6. The molecule has 0 atom stereocenters. The predicted octanol–water partition coefficient (Wildman–Crippen LogP) is 1.57. The van der Waals surface area contributed by atoms with Gasteiger partial charge in [0.25, 0.3) is 5.91 Å². The molecule has 0 aliphatic rings. The second kappa shape index (κ2) is 5.75. The van der Waals surface area contributed by atoms with E-state index in [1.165, 1.54) is 12.1 Å². The number of aromatic hydroxyl groups is 3. The number of carbonyl (C=O) groups excluding carboxylic acids is 1. The third-order valence-electron chi connectivity index (χ3n) is 2.57. The van der Waals surface area contributed by atoms with Crippen LogP contribution in [0, 0.1) is 0 Å². The number of phenolic OH excluding ortho intramolecular Hbond substituents is 3. The van der Waals surface area contributed by atoms with E-state index in [-0.39, 0.29) is 5.56 Å². The summed E-state index contributed by atoms with van der Waals surface area (Å²) >= 11 is 0. The van der Waals surface area contributed by atoms with Gasteiger partial charge in [-0.1, -0.05) is 18.2 Å². The van der Waals surface area contributed by atoms with Crippen molar-refractivity contribution in [3.8, 4) is 17.2 Å². The Morgan fingerprint density at radius 3 is 2.40 bits per heavy atom. The highest BCUT2D eigenvalue weighted by atomic mass is 16.3.